The van der Waals surface area contributed by atoms with Crippen LogP contribution in [-0.4, -0.2) is 49.2 Å². The first kappa shape index (κ1) is 20.6. The number of nitrogens with zero attached hydrogens (tertiary/aromatic N) is 3. The zero-order chi connectivity index (χ0) is 21.3. The fourth-order valence-electron chi connectivity index (χ4n) is 3.82. The Kier molecular flexibility index (Phi) is 5.62. The van der Waals surface area contributed by atoms with Gasteiger partial charge in [-0.1, -0.05) is 23.7 Å². The average Bonchev–Trinajstić information content (AvgIpc) is 2.98. The van der Waals surface area contributed by atoms with Crippen molar-refractivity contribution < 1.29 is 13.2 Å². The van der Waals surface area contributed by atoms with Crippen LogP contribution in [0.1, 0.15) is 35.7 Å². The molecule has 156 valence electrons. The van der Waals surface area contributed by atoms with Crippen LogP contribution in [0.5, 0.6) is 0 Å². The molecule has 1 aromatic heterocycles. The van der Waals surface area contributed by atoms with Crippen molar-refractivity contribution in [3.05, 3.63) is 70.5 Å². The molecule has 1 N–H and O–H groups in total. The first-order chi connectivity index (χ1) is 14.3. The summed E-state index contributed by atoms with van der Waals surface area (Å²) in [6.07, 6.45) is 4.58. The number of benzene rings is 1. The molecule has 0 saturated carbocycles. The summed E-state index contributed by atoms with van der Waals surface area (Å²) in [5.41, 5.74) is 1.73. The Balaban J connectivity index is 1.46. The van der Waals surface area contributed by atoms with Crippen LogP contribution in [0.2, 0.25) is 5.02 Å². The predicted molar refractivity (Wildman–Crippen MR) is 117 cm³/mol. The second-order valence-corrected chi connectivity index (χ2v) is 9.30. The largest absolute Gasteiger partial charge is 0.356 e. The van der Waals surface area contributed by atoms with Crippen LogP contribution in [0.25, 0.3) is 4.91 Å². The molecule has 1 saturated heterocycles. The molecule has 9 heteroatoms. The summed E-state index contributed by atoms with van der Waals surface area (Å²) in [6, 6.07) is 10.2. The van der Waals surface area contributed by atoms with E-state index in [1.54, 1.807) is 55.7 Å². The first-order valence-electron chi connectivity index (χ1n) is 9.63. The van der Waals surface area contributed by atoms with E-state index in [1.807, 2.05) is 4.90 Å². The van der Waals surface area contributed by atoms with Gasteiger partial charge in [-0.05, 0) is 49.6 Å². The molecule has 4 rings (SSSR count). The van der Waals surface area contributed by atoms with Crippen molar-refractivity contribution in [1.82, 2.24) is 15.2 Å². The highest BCUT2D eigenvalue weighted by Gasteiger charge is 2.35. The van der Waals surface area contributed by atoms with Gasteiger partial charge in [0.2, 0.25) is 0 Å². The highest BCUT2D eigenvalue weighted by atomic mass is 35.5. The molecule has 1 aromatic carbocycles. The minimum Gasteiger partial charge on any atom is -0.356 e. The molecule has 0 bridgehead atoms. The van der Waals surface area contributed by atoms with E-state index in [1.165, 1.54) is 0 Å². The summed E-state index contributed by atoms with van der Waals surface area (Å²) < 4.78 is 29.5. The molecule has 1 amide bonds. The predicted octanol–water partition coefficient (Wildman–Crippen LogP) is 3.10. The van der Waals surface area contributed by atoms with Crippen molar-refractivity contribution in [2.75, 3.05) is 13.1 Å². The van der Waals surface area contributed by atoms with E-state index in [9.17, 15) is 13.2 Å². The van der Waals surface area contributed by atoms with Gasteiger partial charge < -0.3 is 10.2 Å². The number of nitrogens with one attached hydrogen (secondary N) is 1. The number of aromatic nitrogens is 1. The van der Waals surface area contributed by atoms with Gasteiger partial charge in [-0.2, -0.15) is 8.42 Å². The number of hydrogen-bond acceptors (Lipinski definition) is 5. The molecular formula is C21H21ClN4O3S. The Morgan fingerprint density at radius 2 is 1.87 bits per heavy atom. The lowest BCUT2D eigenvalue weighted by Crippen LogP contribution is -2.46. The van der Waals surface area contributed by atoms with Gasteiger partial charge in [-0.25, -0.2) is 0 Å². The molecule has 2 aliphatic rings. The third kappa shape index (κ3) is 4.11. The van der Waals surface area contributed by atoms with Gasteiger partial charge in [-0.15, -0.1) is 4.40 Å². The quantitative estimate of drug-likeness (QED) is 0.785. The number of hydrogen-bond donors (Lipinski definition) is 1. The van der Waals surface area contributed by atoms with E-state index in [2.05, 4.69) is 14.7 Å². The van der Waals surface area contributed by atoms with Crippen LogP contribution in [-0.2, 0) is 10.0 Å². The Hall–Kier alpha value is -2.71. The fraction of sp³-hybridized carbons (Fsp3) is 0.286. The Labute approximate surface area is 180 Å². The number of halogens is 1. The van der Waals surface area contributed by atoms with Crippen LogP contribution in [0.4, 0.5) is 0 Å². The molecule has 30 heavy (non-hydrogen) atoms. The van der Waals surface area contributed by atoms with Crippen molar-refractivity contribution in [2.24, 2.45) is 4.40 Å². The number of amides is 1. The summed E-state index contributed by atoms with van der Waals surface area (Å²) in [7, 11) is -3.78. The van der Waals surface area contributed by atoms with E-state index in [0.717, 1.165) is 0 Å². The molecule has 0 unspecified atom stereocenters. The highest BCUT2D eigenvalue weighted by Crippen LogP contribution is 2.35. The van der Waals surface area contributed by atoms with Gasteiger partial charge in [0.15, 0.2) is 0 Å². The second kappa shape index (κ2) is 8.20. The topological polar surface area (TPSA) is 91.7 Å². The number of rotatable bonds is 3. The molecule has 2 aliphatic heterocycles. The van der Waals surface area contributed by atoms with E-state index in [-0.39, 0.29) is 16.9 Å². The lowest BCUT2D eigenvalue weighted by atomic mass is 10.0. The average molecular weight is 445 g/mol. The monoisotopic (exact) mass is 444 g/mol. The SMILES string of the molecule is CC1=C(c2cccc(Cl)c2)S(=O)(=O)N=C1N1CCC(NC(=O)c2ccncc2)CC1. The van der Waals surface area contributed by atoms with Gasteiger partial charge in [0.25, 0.3) is 15.9 Å². The Morgan fingerprint density at radius 1 is 1.17 bits per heavy atom. The molecule has 0 radical (unpaired) electrons. The molecule has 1 fully saturated rings. The van der Waals surface area contributed by atoms with Crippen molar-refractivity contribution in [3.63, 3.8) is 0 Å². The smallest absolute Gasteiger partial charge is 0.285 e. The maximum absolute atomic E-state index is 12.7. The fourth-order valence-corrected chi connectivity index (χ4v) is 5.49. The van der Waals surface area contributed by atoms with Crippen LogP contribution in [0, 0.1) is 0 Å². The van der Waals surface area contributed by atoms with Crippen molar-refractivity contribution >= 4 is 38.3 Å². The molecule has 7 nitrogen and oxygen atoms in total. The standard InChI is InChI=1S/C21H21ClN4O3S/c1-14-19(16-3-2-4-17(22)13-16)30(28,29)25-20(14)26-11-7-18(8-12-26)24-21(27)15-5-9-23-10-6-15/h2-6,9-10,13,18H,7-8,11-12H2,1H3,(H,24,27). The molecular weight excluding hydrogens is 424 g/mol. The first-order valence-corrected chi connectivity index (χ1v) is 11.4. The number of pyridine rings is 1. The van der Waals surface area contributed by atoms with Crippen LogP contribution >= 0.6 is 11.6 Å². The minimum absolute atomic E-state index is 0.0252. The van der Waals surface area contributed by atoms with Gasteiger partial charge in [0, 0.05) is 47.7 Å². The highest BCUT2D eigenvalue weighted by molar-refractivity contribution is 8.00. The Bertz CT molecular complexity index is 1140. The normalized spacial score (nSPS) is 19.0. The summed E-state index contributed by atoms with van der Waals surface area (Å²) >= 11 is 6.05. The maximum atomic E-state index is 12.7. The van der Waals surface area contributed by atoms with Crippen molar-refractivity contribution in [2.45, 2.75) is 25.8 Å². The van der Waals surface area contributed by atoms with Gasteiger partial charge in [0.05, 0.1) is 0 Å². The number of carbonyl (C=O) groups is 1. The number of carbonyl (C=O) groups excluding carboxylic acids is 1. The Morgan fingerprint density at radius 3 is 2.53 bits per heavy atom. The minimum atomic E-state index is -3.78. The molecule has 3 heterocycles. The molecule has 0 atom stereocenters. The van der Waals surface area contributed by atoms with E-state index in [0.29, 0.717) is 53.5 Å². The lowest BCUT2D eigenvalue weighted by Gasteiger charge is -2.33. The van der Waals surface area contributed by atoms with Crippen LogP contribution in [0.3, 0.4) is 0 Å². The number of sulfonamides is 1. The van der Waals surface area contributed by atoms with Gasteiger partial charge >= 0.3 is 0 Å². The third-order valence-corrected chi connectivity index (χ3v) is 7.01. The van der Waals surface area contributed by atoms with E-state index >= 15 is 0 Å². The van der Waals surface area contributed by atoms with Crippen LogP contribution in [0.15, 0.2) is 58.8 Å². The number of piperidine rings is 1. The van der Waals surface area contributed by atoms with Crippen molar-refractivity contribution in [3.8, 4) is 0 Å². The third-order valence-electron chi connectivity index (χ3n) is 5.30. The summed E-state index contributed by atoms with van der Waals surface area (Å²) in [4.78, 5) is 18.4. The van der Waals surface area contributed by atoms with E-state index < -0.39 is 10.0 Å². The lowest BCUT2D eigenvalue weighted by molar-refractivity contribution is 0.0922. The second-order valence-electron chi connectivity index (χ2n) is 7.33. The summed E-state index contributed by atoms with van der Waals surface area (Å²) in [5, 5.41) is 3.51. The summed E-state index contributed by atoms with van der Waals surface area (Å²) in [5.74, 6) is 0.347. The maximum Gasteiger partial charge on any atom is 0.285 e. The zero-order valence-corrected chi connectivity index (χ0v) is 17.9. The number of amidine groups is 1. The molecule has 0 spiro atoms. The van der Waals surface area contributed by atoms with Crippen LogP contribution < -0.4 is 5.32 Å². The van der Waals surface area contributed by atoms with Gasteiger partial charge in [-0.3, -0.25) is 9.78 Å². The summed E-state index contributed by atoms with van der Waals surface area (Å²) in [6.45, 7) is 2.99. The zero-order valence-electron chi connectivity index (χ0n) is 16.4. The van der Waals surface area contributed by atoms with Crippen molar-refractivity contribution in [1.29, 1.82) is 0 Å². The molecule has 0 aliphatic carbocycles. The van der Waals surface area contributed by atoms with E-state index in [4.69, 9.17) is 11.6 Å². The molecule has 2 aromatic rings. The van der Waals surface area contributed by atoms with Gasteiger partial charge in [0.1, 0.15) is 10.7 Å². The number of likely N-dealkylation sites (tertiary alicyclic amines) is 1.